The molecule has 0 amide bonds. The first-order valence-corrected chi connectivity index (χ1v) is 3.55. The molecule has 0 bridgehead atoms. The predicted molar refractivity (Wildman–Crippen MR) is 43.5 cm³/mol. The molecule has 1 aromatic rings. The van der Waals surface area contributed by atoms with Gasteiger partial charge in [0.1, 0.15) is 5.75 Å². The van der Waals surface area contributed by atoms with Crippen LogP contribution in [0.15, 0.2) is 12.1 Å². The zero-order valence-corrected chi connectivity index (χ0v) is 6.76. The van der Waals surface area contributed by atoms with Gasteiger partial charge in [0, 0.05) is 5.56 Å². The third kappa shape index (κ3) is 1.52. The largest absolute Gasteiger partial charge is 0.507 e. The van der Waals surface area contributed by atoms with Crippen LogP contribution in [0.5, 0.6) is 5.75 Å². The second kappa shape index (κ2) is 2.93. The number of aliphatic hydroxyl groups excluding tert-OH is 1. The van der Waals surface area contributed by atoms with Crippen LogP contribution in [-0.2, 0) is 6.61 Å². The zero-order chi connectivity index (χ0) is 8.43. The van der Waals surface area contributed by atoms with Crippen molar-refractivity contribution in [3.63, 3.8) is 0 Å². The molecule has 1 aromatic carbocycles. The molecule has 0 fully saturated rings. The second-order valence-electron chi connectivity index (χ2n) is 2.75. The summed E-state index contributed by atoms with van der Waals surface area (Å²) >= 11 is 0. The lowest BCUT2D eigenvalue weighted by Gasteiger charge is -2.05. The highest BCUT2D eigenvalue weighted by Gasteiger charge is 2.02. The van der Waals surface area contributed by atoms with Crippen LogP contribution in [0.25, 0.3) is 0 Å². The summed E-state index contributed by atoms with van der Waals surface area (Å²) in [7, 11) is 0. The SMILES string of the molecule is Cc1cc(C)c(O)c(CO)c1. The van der Waals surface area contributed by atoms with Crippen molar-refractivity contribution in [1.29, 1.82) is 0 Å². The molecule has 60 valence electrons. The first-order chi connectivity index (χ1) is 5.15. The van der Waals surface area contributed by atoms with Crippen molar-refractivity contribution >= 4 is 0 Å². The molecule has 0 saturated heterocycles. The standard InChI is InChI=1S/C9H12O2/c1-6-3-7(2)9(11)8(4-6)5-10/h3-4,10-11H,5H2,1-2H3. The van der Waals surface area contributed by atoms with E-state index in [0.29, 0.717) is 5.56 Å². The number of aliphatic hydroxyl groups is 1. The van der Waals surface area contributed by atoms with Gasteiger partial charge in [-0.2, -0.15) is 0 Å². The topological polar surface area (TPSA) is 40.5 Å². The lowest BCUT2D eigenvalue weighted by molar-refractivity contribution is 0.275. The van der Waals surface area contributed by atoms with Crippen molar-refractivity contribution in [1.82, 2.24) is 0 Å². The highest BCUT2D eigenvalue weighted by Crippen LogP contribution is 2.23. The Kier molecular flexibility index (Phi) is 2.15. The maximum atomic E-state index is 9.36. The van der Waals surface area contributed by atoms with Crippen molar-refractivity contribution in [3.8, 4) is 5.75 Å². The van der Waals surface area contributed by atoms with Crippen LogP contribution in [0.3, 0.4) is 0 Å². The van der Waals surface area contributed by atoms with Gasteiger partial charge in [0.15, 0.2) is 0 Å². The minimum Gasteiger partial charge on any atom is -0.507 e. The molecular formula is C9H12O2. The summed E-state index contributed by atoms with van der Waals surface area (Å²) in [5.74, 6) is 0.207. The Labute approximate surface area is 66.1 Å². The summed E-state index contributed by atoms with van der Waals surface area (Å²) in [6.45, 7) is 3.65. The molecular weight excluding hydrogens is 140 g/mol. The number of rotatable bonds is 1. The van der Waals surface area contributed by atoms with Crippen LogP contribution in [-0.4, -0.2) is 10.2 Å². The maximum absolute atomic E-state index is 9.36. The van der Waals surface area contributed by atoms with Gasteiger partial charge in [-0.05, 0) is 19.4 Å². The molecule has 0 aliphatic heterocycles. The average Bonchev–Trinajstić information content (AvgIpc) is 1.96. The van der Waals surface area contributed by atoms with Gasteiger partial charge >= 0.3 is 0 Å². The Morgan fingerprint density at radius 1 is 1.27 bits per heavy atom. The average molecular weight is 152 g/mol. The fourth-order valence-corrected chi connectivity index (χ4v) is 1.17. The van der Waals surface area contributed by atoms with Crippen LogP contribution in [0.2, 0.25) is 0 Å². The molecule has 0 aliphatic rings. The summed E-state index contributed by atoms with van der Waals surface area (Å²) in [5.41, 5.74) is 2.47. The molecule has 0 saturated carbocycles. The van der Waals surface area contributed by atoms with Crippen LogP contribution >= 0.6 is 0 Å². The molecule has 2 heteroatoms. The van der Waals surface area contributed by atoms with Crippen molar-refractivity contribution in [2.45, 2.75) is 20.5 Å². The van der Waals surface area contributed by atoms with E-state index in [1.807, 2.05) is 19.9 Å². The minimum absolute atomic E-state index is 0.103. The molecule has 1 rings (SSSR count). The van der Waals surface area contributed by atoms with Crippen LogP contribution in [0, 0.1) is 13.8 Å². The molecule has 0 aliphatic carbocycles. The van der Waals surface area contributed by atoms with Crippen LogP contribution in [0.1, 0.15) is 16.7 Å². The Morgan fingerprint density at radius 3 is 2.45 bits per heavy atom. The molecule has 0 radical (unpaired) electrons. The fraction of sp³-hybridized carbons (Fsp3) is 0.333. The molecule has 11 heavy (non-hydrogen) atoms. The van der Waals surface area contributed by atoms with Gasteiger partial charge in [-0.15, -0.1) is 0 Å². The van der Waals surface area contributed by atoms with E-state index in [9.17, 15) is 5.11 Å². The van der Waals surface area contributed by atoms with Gasteiger partial charge in [0.05, 0.1) is 6.61 Å². The van der Waals surface area contributed by atoms with E-state index >= 15 is 0 Å². The highest BCUT2D eigenvalue weighted by molar-refractivity contribution is 5.42. The van der Waals surface area contributed by atoms with Crippen molar-refractivity contribution < 1.29 is 10.2 Å². The number of benzene rings is 1. The van der Waals surface area contributed by atoms with Gasteiger partial charge in [-0.3, -0.25) is 0 Å². The summed E-state index contributed by atoms with van der Waals surface area (Å²) in [6.07, 6.45) is 0. The minimum atomic E-state index is -0.103. The van der Waals surface area contributed by atoms with Crippen LogP contribution in [0.4, 0.5) is 0 Å². The monoisotopic (exact) mass is 152 g/mol. The van der Waals surface area contributed by atoms with Crippen molar-refractivity contribution in [2.75, 3.05) is 0 Å². The molecule has 0 spiro atoms. The van der Waals surface area contributed by atoms with Gasteiger partial charge in [0.25, 0.3) is 0 Å². The molecule has 0 atom stereocenters. The van der Waals surface area contributed by atoms with E-state index < -0.39 is 0 Å². The Morgan fingerprint density at radius 2 is 1.91 bits per heavy atom. The molecule has 2 nitrogen and oxygen atoms in total. The van der Waals surface area contributed by atoms with E-state index in [2.05, 4.69) is 0 Å². The lowest BCUT2D eigenvalue weighted by atomic mass is 10.1. The molecule has 0 aromatic heterocycles. The molecule has 2 N–H and O–H groups in total. The van der Waals surface area contributed by atoms with Gasteiger partial charge < -0.3 is 10.2 Å². The fourth-order valence-electron chi connectivity index (χ4n) is 1.17. The third-order valence-electron chi connectivity index (χ3n) is 1.69. The van der Waals surface area contributed by atoms with E-state index in [0.717, 1.165) is 11.1 Å². The maximum Gasteiger partial charge on any atom is 0.124 e. The number of hydrogen-bond acceptors (Lipinski definition) is 2. The summed E-state index contributed by atoms with van der Waals surface area (Å²) < 4.78 is 0. The summed E-state index contributed by atoms with van der Waals surface area (Å²) in [4.78, 5) is 0. The van der Waals surface area contributed by atoms with E-state index in [1.54, 1.807) is 6.07 Å². The summed E-state index contributed by atoms with van der Waals surface area (Å²) in [5, 5.41) is 18.2. The quantitative estimate of drug-likeness (QED) is 0.640. The number of aryl methyl sites for hydroxylation is 2. The molecule has 0 heterocycles. The molecule has 0 unspecified atom stereocenters. The van der Waals surface area contributed by atoms with Crippen LogP contribution < -0.4 is 0 Å². The smallest absolute Gasteiger partial charge is 0.124 e. The predicted octanol–water partition coefficient (Wildman–Crippen LogP) is 1.50. The lowest BCUT2D eigenvalue weighted by Crippen LogP contribution is -1.88. The zero-order valence-electron chi connectivity index (χ0n) is 6.76. The van der Waals surface area contributed by atoms with Crippen molar-refractivity contribution in [3.05, 3.63) is 28.8 Å². The highest BCUT2D eigenvalue weighted by atomic mass is 16.3. The second-order valence-corrected chi connectivity index (χ2v) is 2.75. The number of phenols is 1. The van der Waals surface area contributed by atoms with Gasteiger partial charge in [0.2, 0.25) is 0 Å². The normalized spacial score (nSPS) is 10.1. The number of hydrogen-bond donors (Lipinski definition) is 2. The Bertz CT molecular complexity index is 267. The Hall–Kier alpha value is -1.02. The Balaban J connectivity index is 3.24. The first kappa shape index (κ1) is 8.08. The number of aromatic hydroxyl groups is 1. The van der Waals surface area contributed by atoms with E-state index in [-0.39, 0.29) is 12.4 Å². The third-order valence-corrected chi connectivity index (χ3v) is 1.69. The van der Waals surface area contributed by atoms with E-state index in [1.165, 1.54) is 0 Å². The first-order valence-electron chi connectivity index (χ1n) is 3.55. The summed E-state index contributed by atoms with van der Waals surface area (Å²) in [6, 6.07) is 3.66. The van der Waals surface area contributed by atoms with Gasteiger partial charge in [-0.1, -0.05) is 17.7 Å². The van der Waals surface area contributed by atoms with E-state index in [4.69, 9.17) is 5.11 Å². The van der Waals surface area contributed by atoms with Gasteiger partial charge in [-0.25, -0.2) is 0 Å². The van der Waals surface area contributed by atoms with Crippen molar-refractivity contribution in [2.24, 2.45) is 0 Å².